The van der Waals surface area contributed by atoms with Crippen molar-refractivity contribution in [2.75, 3.05) is 13.1 Å². The molecule has 0 bridgehead atoms. The number of Topliss-reactive ketones (excluding diaryl/α,β-unsaturated/α-hetero) is 1. The quantitative estimate of drug-likeness (QED) is 0.386. The summed E-state index contributed by atoms with van der Waals surface area (Å²) in [7, 11) is 0. The van der Waals surface area contributed by atoms with Crippen LogP contribution in [-0.4, -0.2) is 24.9 Å². The summed E-state index contributed by atoms with van der Waals surface area (Å²) in [6, 6.07) is 7.36. The first kappa shape index (κ1) is 19.8. The first-order valence-corrected chi connectivity index (χ1v) is 8.99. The molecule has 130 valence electrons. The molecule has 0 amide bonds. The molecular formula is C19H33N3O. The predicted molar refractivity (Wildman–Crippen MR) is 97.5 cm³/mol. The van der Waals surface area contributed by atoms with Crippen molar-refractivity contribution in [1.29, 1.82) is 0 Å². The lowest BCUT2D eigenvalue weighted by Gasteiger charge is -2.14. The van der Waals surface area contributed by atoms with Crippen LogP contribution < -0.4 is 16.8 Å². The predicted octanol–water partition coefficient (Wildman–Crippen LogP) is 3.00. The van der Waals surface area contributed by atoms with Gasteiger partial charge in [0.1, 0.15) is 0 Å². The normalized spacial score (nSPS) is 12.3. The number of benzene rings is 1. The maximum Gasteiger partial charge on any atom is 0.179 e. The summed E-state index contributed by atoms with van der Waals surface area (Å²) in [6.45, 7) is 4.58. The summed E-state index contributed by atoms with van der Waals surface area (Å²) < 4.78 is 0. The lowest BCUT2D eigenvalue weighted by atomic mass is 9.96. The first-order valence-electron chi connectivity index (χ1n) is 8.99. The van der Waals surface area contributed by atoms with Crippen molar-refractivity contribution in [2.45, 2.75) is 64.5 Å². The van der Waals surface area contributed by atoms with E-state index in [0.717, 1.165) is 37.1 Å². The molecule has 0 saturated heterocycles. The van der Waals surface area contributed by atoms with Crippen molar-refractivity contribution in [2.24, 2.45) is 11.5 Å². The second-order valence-corrected chi connectivity index (χ2v) is 6.15. The molecule has 1 rings (SSSR count). The maximum atomic E-state index is 12.5. The highest BCUT2D eigenvalue weighted by Gasteiger charge is 2.17. The number of nitrogens with two attached hydrogens (primary N) is 2. The van der Waals surface area contributed by atoms with E-state index in [0.29, 0.717) is 13.0 Å². The van der Waals surface area contributed by atoms with Crippen LogP contribution in [0, 0.1) is 0 Å². The number of rotatable bonds is 13. The number of ketones is 1. The van der Waals surface area contributed by atoms with E-state index in [-0.39, 0.29) is 5.78 Å². The monoisotopic (exact) mass is 319 g/mol. The lowest BCUT2D eigenvalue weighted by molar-refractivity contribution is 0.0955. The number of unbranched alkanes of at least 4 members (excludes halogenated alkanes) is 4. The van der Waals surface area contributed by atoms with E-state index in [2.05, 4.69) is 12.2 Å². The Hall–Kier alpha value is -1.23. The van der Waals surface area contributed by atoms with Crippen molar-refractivity contribution in [3.8, 4) is 0 Å². The Morgan fingerprint density at radius 1 is 1.13 bits per heavy atom. The SMILES string of the molecule is CCCCCCNCc1ccccc1C(=O)[C@@H](N)CCCCN. The minimum absolute atomic E-state index is 0.0467. The van der Waals surface area contributed by atoms with E-state index in [1.54, 1.807) is 0 Å². The van der Waals surface area contributed by atoms with Crippen molar-refractivity contribution >= 4 is 5.78 Å². The van der Waals surface area contributed by atoms with Crippen molar-refractivity contribution in [3.05, 3.63) is 35.4 Å². The van der Waals surface area contributed by atoms with Crippen LogP contribution >= 0.6 is 0 Å². The fraction of sp³-hybridized carbons (Fsp3) is 0.632. The largest absolute Gasteiger partial charge is 0.330 e. The Morgan fingerprint density at radius 3 is 2.65 bits per heavy atom. The molecular weight excluding hydrogens is 286 g/mol. The van der Waals surface area contributed by atoms with Gasteiger partial charge in [-0.2, -0.15) is 0 Å². The highest BCUT2D eigenvalue weighted by Crippen LogP contribution is 2.13. The summed E-state index contributed by atoms with van der Waals surface area (Å²) in [6.07, 6.45) is 7.50. The number of hydrogen-bond donors (Lipinski definition) is 3. The van der Waals surface area contributed by atoms with Gasteiger partial charge >= 0.3 is 0 Å². The zero-order chi connectivity index (χ0) is 16.9. The minimum atomic E-state index is -0.424. The van der Waals surface area contributed by atoms with Crippen LogP contribution in [0.5, 0.6) is 0 Å². The number of carbonyl (C=O) groups excluding carboxylic acids is 1. The summed E-state index contributed by atoms with van der Waals surface area (Å²) in [5, 5.41) is 3.44. The molecule has 0 aromatic heterocycles. The molecule has 0 spiro atoms. The van der Waals surface area contributed by atoms with Crippen LogP contribution in [0.1, 0.15) is 67.8 Å². The number of hydrogen-bond acceptors (Lipinski definition) is 4. The van der Waals surface area contributed by atoms with Gasteiger partial charge in [-0.25, -0.2) is 0 Å². The zero-order valence-corrected chi connectivity index (χ0v) is 14.5. The second kappa shape index (κ2) is 12.2. The standard InChI is InChI=1S/C19H33N3O/c1-2-3-4-9-14-22-15-16-10-5-6-11-17(16)19(23)18(21)12-7-8-13-20/h5-6,10-11,18,22H,2-4,7-9,12-15,20-21H2,1H3/t18-/m0/s1. The molecule has 0 aliphatic rings. The average molecular weight is 319 g/mol. The third kappa shape index (κ3) is 7.73. The van der Waals surface area contributed by atoms with Gasteiger partial charge < -0.3 is 16.8 Å². The fourth-order valence-corrected chi connectivity index (χ4v) is 2.65. The Balaban J connectivity index is 2.50. The van der Waals surface area contributed by atoms with Crippen molar-refractivity contribution < 1.29 is 4.79 Å². The Labute approximate surface area is 141 Å². The van der Waals surface area contributed by atoms with Gasteiger partial charge in [0.25, 0.3) is 0 Å². The van der Waals surface area contributed by atoms with Crippen LogP contribution in [-0.2, 0) is 6.54 Å². The van der Waals surface area contributed by atoms with Crippen LogP contribution in [0.3, 0.4) is 0 Å². The molecule has 1 aromatic rings. The van der Waals surface area contributed by atoms with Gasteiger partial charge in [0.15, 0.2) is 5.78 Å². The molecule has 0 aliphatic carbocycles. The van der Waals surface area contributed by atoms with Crippen LogP contribution in [0.15, 0.2) is 24.3 Å². The molecule has 0 radical (unpaired) electrons. The average Bonchev–Trinajstić information content (AvgIpc) is 2.58. The van der Waals surface area contributed by atoms with Gasteiger partial charge in [-0.3, -0.25) is 4.79 Å². The lowest BCUT2D eigenvalue weighted by Crippen LogP contribution is -2.31. The molecule has 4 nitrogen and oxygen atoms in total. The molecule has 0 heterocycles. The molecule has 0 aliphatic heterocycles. The Kier molecular flexibility index (Phi) is 10.5. The molecule has 23 heavy (non-hydrogen) atoms. The molecule has 0 fully saturated rings. The molecule has 5 N–H and O–H groups in total. The number of nitrogens with one attached hydrogen (secondary N) is 1. The Bertz CT molecular complexity index is 448. The second-order valence-electron chi connectivity index (χ2n) is 6.15. The summed E-state index contributed by atoms with van der Waals surface area (Å²) >= 11 is 0. The van der Waals surface area contributed by atoms with Crippen molar-refractivity contribution in [1.82, 2.24) is 5.32 Å². The van der Waals surface area contributed by atoms with Crippen LogP contribution in [0.2, 0.25) is 0 Å². The minimum Gasteiger partial charge on any atom is -0.330 e. The summed E-state index contributed by atoms with van der Waals surface area (Å²) in [5.74, 6) is 0.0467. The molecule has 0 unspecified atom stereocenters. The molecule has 1 atom stereocenters. The third-order valence-corrected chi connectivity index (χ3v) is 4.11. The molecule has 1 aromatic carbocycles. The highest BCUT2D eigenvalue weighted by atomic mass is 16.1. The van der Waals surface area contributed by atoms with Crippen LogP contribution in [0.4, 0.5) is 0 Å². The Morgan fingerprint density at radius 2 is 1.91 bits per heavy atom. The van der Waals surface area contributed by atoms with E-state index in [1.807, 2.05) is 24.3 Å². The van der Waals surface area contributed by atoms with E-state index in [9.17, 15) is 4.79 Å². The molecule has 0 saturated carbocycles. The third-order valence-electron chi connectivity index (χ3n) is 4.11. The first-order chi connectivity index (χ1) is 11.2. The van der Waals surface area contributed by atoms with Crippen molar-refractivity contribution in [3.63, 3.8) is 0 Å². The fourth-order valence-electron chi connectivity index (χ4n) is 2.65. The molecule has 4 heteroatoms. The van der Waals surface area contributed by atoms with Crippen LogP contribution in [0.25, 0.3) is 0 Å². The van der Waals surface area contributed by atoms with Gasteiger partial charge in [-0.15, -0.1) is 0 Å². The number of carbonyl (C=O) groups is 1. The highest BCUT2D eigenvalue weighted by molar-refractivity contribution is 6.01. The van der Waals surface area contributed by atoms with E-state index < -0.39 is 6.04 Å². The van der Waals surface area contributed by atoms with E-state index in [1.165, 1.54) is 25.7 Å². The summed E-state index contributed by atoms with van der Waals surface area (Å²) in [5.41, 5.74) is 13.4. The van der Waals surface area contributed by atoms with Gasteiger partial charge in [0.2, 0.25) is 0 Å². The smallest absolute Gasteiger partial charge is 0.179 e. The topological polar surface area (TPSA) is 81.1 Å². The van der Waals surface area contributed by atoms with Gasteiger partial charge in [-0.05, 0) is 37.9 Å². The van der Waals surface area contributed by atoms with E-state index >= 15 is 0 Å². The maximum absolute atomic E-state index is 12.5. The summed E-state index contributed by atoms with van der Waals surface area (Å²) in [4.78, 5) is 12.5. The zero-order valence-electron chi connectivity index (χ0n) is 14.5. The van der Waals surface area contributed by atoms with Gasteiger partial charge in [0.05, 0.1) is 6.04 Å². The van der Waals surface area contributed by atoms with Gasteiger partial charge in [-0.1, -0.05) is 56.9 Å². The van der Waals surface area contributed by atoms with E-state index in [4.69, 9.17) is 11.5 Å². The van der Waals surface area contributed by atoms with Gasteiger partial charge in [0, 0.05) is 12.1 Å².